The van der Waals surface area contributed by atoms with Crippen LogP contribution >= 0.6 is 0 Å². The molecule has 0 radical (unpaired) electrons. The molecule has 11 heteroatoms. The van der Waals surface area contributed by atoms with E-state index in [1.54, 1.807) is 0 Å². The van der Waals surface area contributed by atoms with Crippen molar-refractivity contribution in [2.45, 2.75) is 174 Å². The van der Waals surface area contributed by atoms with Crippen molar-refractivity contribution < 1.29 is 47.5 Å². The van der Waals surface area contributed by atoms with Crippen molar-refractivity contribution >= 4 is 11.8 Å². The maximum absolute atomic E-state index is 14.7. The van der Waals surface area contributed by atoms with Crippen LogP contribution in [0.15, 0.2) is 23.8 Å². The van der Waals surface area contributed by atoms with E-state index in [2.05, 4.69) is 51.1 Å². The Labute approximate surface area is 330 Å². The van der Waals surface area contributed by atoms with E-state index < -0.39 is 12.4 Å². The fourth-order valence-corrected chi connectivity index (χ4v) is 10.7. The van der Waals surface area contributed by atoms with Gasteiger partial charge in [0.2, 0.25) is 0 Å². The summed E-state index contributed by atoms with van der Waals surface area (Å²) in [6.45, 7) is 15.8. The van der Waals surface area contributed by atoms with Crippen LogP contribution in [0.3, 0.4) is 0 Å². The van der Waals surface area contributed by atoms with Crippen molar-refractivity contribution in [1.29, 1.82) is 0 Å². The number of allylic oxidation sites excluding steroid dienone is 4. The molecule has 55 heavy (non-hydrogen) atoms. The van der Waals surface area contributed by atoms with Crippen LogP contribution in [0.25, 0.3) is 0 Å². The molecule has 0 unspecified atom stereocenters. The molecule has 1 saturated carbocycles. The molecule has 6 rings (SSSR count). The van der Waals surface area contributed by atoms with Crippen molar-refractivity contribution in [1.82, 2.24) is 4.90 Å². The van der Waals surface area contributed by atoms with Gasteiger partial charge in [-0.3, -0.25) is 9.59 Å². The zero-order valence-electron chi connectivity index (χ0n) is 35.1. The van der Waals surface area contributed by atoms with Gasteiger partial charge in [0, 0.05) is 37.7 Å². The van der Waals surface area contributed by atoms with Gasteiger partial charge in [0.25, 0.3) is 0 Å². The number of carbonyl (C=O) groups excluding carboxylic acids is 2. The third-order valence-corrected chi connectivity index (χ3v) is 13.5. The average Bonchev–Trinajstić information content (AvgIpc) is 3.73. The molecule has 6 aliphatic rings. The number of Topliss-reactive ketones (excluding diaryl/α,β-unsaturated/α-hetero) is 1. The normalized spacial score (nSPS) is 43.9. The number of fused-ring (bicyclic) bond motifs is 5. The van der Waals surface area contributed by atoms with E-state index >= 15 is 0 Å². The second-order valence-corrected chi connectivity index (χ2v) is 17.2. The Hall–Kier alpha value is -1.70. The van der Waals surface area contributed by atoms with Crippen molar-refractivity contribution in [3.05, 3.63) is 23.8 Å². The summed E-state index contributed by atoms with van der Waals surface area (Å²) in [6.07, 6.45) is 10.9. The molecule has 0 aromatic carbocycles. The summed E-state index contributed by atoms with van der Waals surface area (Å²) in [5, 5.41) is 0. The van der Waals surface area contributed by atoms with Crippen LogP contribution in [0.5, 0.6) is 0 Å². The Morgan fingerprint density at radius 2 is 1.51 bits per heavy atom. The minimum Gasteiger partial charge on any atom is -0.462 e. The van der Waals surface area contributed by atoms with E-state index in [1.807, 2.05) is 34.6 Å². The van der Waals surface area contributed by atoms with E-state index in [0.29, 0.717) is 38.2 Å². The van der Waals surface area contributed by atoms with Crippen LogP contribution in [-0.2, 0) is 47.5 Å². The molecule has 11 nitrogen and oxygen atoms in total. The minimum absolute atomic E-state index is 0.0371. The second kappa shape index (κ2) is 19.4. The fourth-order valence-electron chi connectivity index (χ4n) is 10.7. The van der Waals surface area contributed by atoms with Gasteiger partial charge in [-0.2, -0.15) is 0 Å². The van der Waals surface area contributed by atoms with Crippen molar-refractivity contribution in [2.24, 2.45) is 35.5 Å². The number of carbonyl (C=O) groups is 2. The zero-order chi connectivity index (χ0) is 39.4. The largest absolute Gasteiger partial charge is 0.462 e. The minimum atomic E-state index is -0.587. The number of cyclic esters (lactones) is 1. The van der Waals surface area contributed by atoms with Gasteiger partial charge in [0.1, 0.15) is 24.4 Å². The number of hydrogen-bond acceptors (Lipinski definition) is 11. The molecule has 0 amide bonds. The van der Waals surface area contributed by atoms with Gasteiger partial charge in [-0.05, 0) is 129 Å². The number of ether oxygens (including phenoxy) is 8. The van der Waals surface area contributed by atoms with Crippen LogP contribution in [0.1, 0.15) is 106 Å². The molecule has 312 valence electrons. The highest BCUT2D eigenvalue weighted by atomic mass is 16.7. The molecule has 3 aliphatic carbocycles. The van der Waals surface area contributed by atoms with Gasteiger partial charge in [-0.25, -0.2) is 0 Å². The first-order chi connectivity index (χ1) is 26.5. The van der Waals surface area contributed by atoms with Crippen molar-refractivity contribution in [3.8, 4) is 0 Å². The third kappa shape index (κ3) is 9.62. The van der Waals surface area contributed by atoms with Gasteiger partial charge in [0.05, 0.1) is 30.8 Å². The number of likely N-dealkylation sites (N-methyl/N-ethyl adjacent to an activating group) is 1. The lowest BCUT2D eigenvalue weighted by Crippen LogP contribution is -2.60. The number of rotatable bonds is 12. The average molecular weight is 774 g/mol. The molecule has 0 spiro atoms. The summed E-state index contributed by atoms with van der Waals surface area (Å²) in [6, 6.07) is 0.338. The molecule has 3 aliphatic heterocycles. The molecular weight excluding hydrogens is 702 g/mol. The van der Waals surface area contributed by atoms with Crippen LogP contribution in [0.2, 0.25) is 0 Å². The predicted octanol–water partition coefficient (Wildman–Crippen LogP) is 6.66. The summed E-state index contributed by atoms with van der Waals surface area (Å²) >= 11 is 0. The molecule has 17 atom stereocenters. The van der Waals surface area contributed by atoms with E-state index in [9.17, 15) is 9.59 Å². The summed E-state index contributed by atoms with van der Waals surface area (Å²) in [5.41, 5.74) is 0.768. The van der Waals surface area contributed by atoms with E-state index in [4.69, 9.17) is 37.9 Å². The lowest BCUT2D eigenvalue weighted by molar-refractivity contribution is -0.322. The second-order valence-electron chi connectivity index (χ2n) is 17.2. The summed E-state index contributed by atoms with van der Waals surface area (Å²) in [5.74, 6) is 0.0184. The lowest BCUT2D eigenvalue weighted by atomic mass is 9.70. The van der Waals surface area contributed by atoms with E-state index in [0.717, 1.165) is 50.5 Å². The van der Waals surface area contributed by atoms with E-state index in [-0.39, 0.29) is 96.8 Å². The smallest absolute Gasteiger partial charge is 0.306 e. The molecule has 0 aromatic rings. The number of nitrogens with zero attached hydrogens (tertiary/aromatic N) is 1. The first kappa shape index (κ1) is 42.9. The number of ketones is 1. The highest BCUT2D eigenvalue weighted by Crippen LogP contribution is 2.54. The highest BCUT2D eigenvalue weighted by molar-refractivity contribution is 5.99. The van der Waals surface area contributed by atoms with Gasteiger partial charge >= 0.3 is 5.97 Å². The molecule has 0 aromatic heterocycles. The Balaban J connectivity index is 1.20. The number of esters is 1. The summed E-state index contributed by atoms with van der Waals surface area (Å²) in [4.78, 5) is 30.5. The molecule has 3 heterocycles. The molecule has 0 N–H and O–H groups in total. The van der Waals surface area contributed by atoms with E-state index in [1.165, 1.54) is 0 Å². The molecular formula is C44H71NO10. The standard InChI is InChI=1S/C44H71NO10/c1-10-29-15-14-16-37(55-39-20-19-36(45(8)9)26(6)51-39)25(5)40(47)35-23-33-31(34(35)24-38(46)53-29)18-17-28-21-30(22-32(28)33)54-44-43(50-13-4)42(49-12-3)41(48-11-2)27(7)52-44/h17-18,23,25-34,36-37,39,41-44H,10-16,19-22,24H2,1-9H3/t25-,26-,27+,28-,29+,30-,31-,32-,33-,34+,36+,37+,39+,41+,42-,43-,44+/m1/s1. The maximum atomic E-state index is 14.7. The van der Waals surface area contributed by atoms with Gasteiger partial charge in [-0.15, -0.1) is 0 Å². The Morgan fingerprint density at radius 1 is 0.782 bits per heavy atom. The van der Waals surface area contributed by atoms with Gasteiger partial charge < -0.3 is 42.8 Å². The third-order valence-electron chi connectivity index (χ3n) is 13.5. The Bertz CT molecular complexity index is 1340. The SMILES string of the molecule is CCO[C@@H]1[C@@H](OCC)[C@H](C)O[C@@H](O[C@H]2C[C@H]3[C@@H]4C=C5C(=O)[C@H](C)[C@@H](O[C@H]6CC[C@H](N(C)C)[C@@H](C)O6)CCC[C@H](CC)OC(=O)C[C@H]5[C@@H]4C=C[C@@H]3C2)[C@@H]1OCC. The maximum Gasteiger partial charge on any atom is 0.306 e. The first-order valence-corrected chi connectivity index (χ1v) is 21.7. The summed E-state index contributed by atoms with van der Waals surface area (Å²) in [7, 11) is 4.19. The Morgan fingerprint density at radius 3 is 2.20 bits per heavy atom. The monoisotopic (exact) mass is 774 g/mol. The predicted molar refractivity (Wildman–Crippen MR) is 208 cm³/mol. The highest BCUT2D eigenvalue weighted by Gasteiger charge is 2.53. The molecule has 0 bridgehead atoms. The molecule has 3 saturated heterocycles. The quantitative estimate of drug-likeness (QED) is 0.157. The van der Waals surface area contributed by atoms with Crippen LogP contribution in [0, 0.1) is 35.5 Å². The van der Waals surface area contributed by atoms with Crippen LogP contribution in [-0.4, -0.2) is 118 Å². The fraction of sp³-hybridized carbons (Fsp3) is 0.864. The van der Waals surface area contributed by atoms with Crippen molar-refractivity contribution in [3.63, 3.8) is 0 Å². The zero-order valence-corrected chi connectivity index (χ0v) is 35.1. The lowest BCUT2D eigenvalue weighted by Gasteiger charge is -2.45. The summed E-state index contributed by atoms with van der Waals surface area (Å²) < 4.78 is 51.1. The van der Waals surface area contributed by atoms with Crippen LogP contribution in [0.4, 0.5) is 0 Å². The van der Waals surface area contributed by atoms with Crippen molar-refractivity contribution in [2.75, 3.05) is 33.9 Å². The molecule has 4 fully saturated rings. The van der Waals surface area contributed by atoms with Gasteiger partial charge in [0.15, 0.2) is 18.4 Å². The first-order valence-electron chi connectivity index (χ1n) is 21.7. The van der Waals surface area contributed by atoms with Crippen LogP contribution < -0.4 is 0 Å². The van der Waals surface area contributed by atoms with Gasteiger partial charge in [-0.1, -0.05) is 32.1 Å². The Kier molecular flexibility index (Phi) is 15.1. The number of hydrogen-bond donors (Lipinski definition) is 0. The topological polar surface area (TPSA) is 111 Å².